The third-order valence-corrected chi connectivity index (χ3v) is 7.67. The highest BCUT2D eigenvalue weighted by Crippen LogP contribution is 2.29. The van der Waals surface area contributed by atoms with Crippen LogP contribution in [-0.2, 0) is 21.2 Å². The van der Waals surface area contributed by atoms with Gasteiger partial charge in [0.15, 0.2) is 11.5 Å². The summed E-state index contributed by atoms with van der Waals surface area (Å²) < 4.78 is 38.4. The summed E-state index contributed by atoms with van der Waals surface area (Å²) in [6.07, 6.45) is 1.38. The van der Waals surface area contributed by atoms with E-state index < -0.39 is 15.9 Å². The molecule has 3 rings (SSSR count). The SMILES string of the molecule is COc1ccc(CCCNC(=O)CN(c2ccc(C)c(Cl)c2)S(=O)(=O)c2ccccc2)cc1OC. The van der Waals surface area contributed by atoms with Crippen molar-refractivity contribution in [2.24, 2.45) is 0 Å². The molecular formula is C26H29ClN2O5S. The molecule has 0 fully saturated rings. The summed E-state index contributed by atoms with van der Waals surface area (Å²) in [5.74, 6) is 0.890. The minimum atomic E-state index is -3.98. The number of aryl methyl sites for hydroxylation is 2. The second-order valence-corrected chi connectivity index (χ2v) is 10.2. The Balaban J connectivity index is 1.68. The fourth-order valence-corrected chi connectivity index (χ4v) is 5.12. The Morgan fingerprint density at radius 2 is 1.69 bits per heavy atom. The predicted octanol–water partition coefficient (Wildman–Crippen LogP) is 4.61. The van der Waals surface area contributed by atoms with Crippen LogP contribution in [-0.4, -0.2) is 41.6 Å². The number of methoxy groups -OCH3 is 2. The largest absolute Gasteiger partial charge is 0.493 e. The second kappa shape index (κ2) is 12.0. The number of nitrogens with one attached hydrogen (secondary N) is 1. The fourth-order valence-electron chi connectivity index (χ4n) is 3.51. The summed E-state index contributed by atoms with van der Waals surface area (Å²) in [5, 5.41) is 3.24. The maximum Gasteiger partial charge on any atom is 0.264 e. The maximum absolute atomic E-state index is 13.4. The van der Waals surface area contributed by atoms with Crippen LogP contribution in [0.15, 0.2) is 71.6 Å². The van der Waals surface area contributed by atoms with E-state index in [1.807, 2.05) is 25.1 Å². The molecule has 1 amide bonds. The van der Waals surface area contributed by atoms with E-state index in [0.29, 0.717) is 41.6 Å². The van der Waals surface area contributed by atoms with Crippen LogP contribution in [0.25, 0.3) is 0 Å². The number of hydrogen-bond donors (Lipinski definition) is 1. The van der Waals surface area contributed by atoms with E-state index in [4.69, 9.17) is 21.1 Å². The molecule has 0 radical (unpaired) electrons. The zero-order valence-corrected chi connectivity index (χ0v) is 21.5. The number of carbonyl (C=O) groups is 1. The van der Waals surface area contributed by atoms with Crippen molar-refractivity contribution < 1.29 is 22.7 Å². The number of carbonyl (C=O) groups excluding carboxylic acids is 1. The van der Waals surface area contributed by atoms with Crippen LogP contribution in [0, 0.1) is 6.92 Å². The van der Waals surface area contributed by atoms with Crippen LogP contribution in [0.3, 0.4) is 0 Å². The van der Waals surface area contributed by atoms with Crippen LogP contribution in [0.4, 0.5) is 5.69 Å². The van der Waals surface area contributed by atoms with Gasteiger partial charge in [-0.3, -0.25) is 9.10 Å². The summed E-state index contributed by atoms with van der Waals surface area (Å²) in [5.41, 5.74) is 2.18. The first-order chi connectivity index (χ1) is 16.8. The average molecular weight is 517 g/mol. The first-order valence-corrected chi connectivity index (χ1v) is 12.9. The molecule has 3 aromatic carbocycles. The van der Waals surface area contributed by atoms with Gasteiger partial charge in [0.05, 0.1) is 24.8 Å². The Kier molecular flexibility index (Phi) is 9.01. The molecule has 1 N–H and O–H groups in total. The van der Waals surface area contributed by atoms with Crippen molar-refractivity contribution >= 4 is 33.2 Å². The number of sulfonamides is 1. The van der Waals surface area contributed by atoms with E-state index in [0.717, 1.165) is 15.4 Å². The first-order valence-electron chi connectivity index (χ1n) is 11.1. The van der Waals surface area contributed by atoms with Gasteiger partial charge in [-0.25, -0.2) is 8.42 Å². The minimum absolute atomic E-state index is 0.0953. The lowest BCUT2D eigenvalue weighted by molar-refractivity contribution is -0.119. The normalized spacial score (nSPS) is 11.1. The molecule has 0 aromatic heterocycles. The topological polar surface area (TPSA) is 84.9 Å². The number of halogens is 1. The highest BCUT2D eigenvalue weighted by Gasteiger charge is 2.27. The highest BCUT2D eigenvalue weighted by molar-refractivity contribution is 7.92. The smallest absolute Gasteiger partial charge is 0.264 e. The number of anilines is 1. The molecule has 0 spiro atoms. The average Bonchev–Trinajstić information content (AvgIpc) is 2.87. The first kappa shape index (κ1) is 26.4. The van der Waals surface area contributed by atoms with Crippen molar-refractivity contribution in [3.8, 4) is 11.5 Å². The Labute approximate surface area is 211 Å². The van der Waals surface area contributed by atoms with Gasteiger partial charge < -0.3 is 14.8 Å². The molecule has 0 aliphatic rings. The molecule has 0 unspecified atom stereocenters. The monoisotopic (exact) mass is 516 g/mol. The van der Waals surface area contributed by atoms with Crippen molar-refractivity contribution in [2.45, 2.75) is 24.7 Å². The molecular weight excluding hydrogens is 488 g/mol. The summed E-state index contributed by atoms with van der Waals surface area (Å²) in [7, 11) is -0.815. The summed E-state index contributed by atoms with van der Waals surface area (Å²) in [4.78, 5) is 12.9. The number of ether oxygens (including phenoxy) is 2. The van der Waals surface area contributed by atoms with Crippen LogP contribution < -0.4 is 19.1 Å². The van der Waals surface area contributed by atoms with Crippen LogP contribution in [0.1, 0.15) is 17.5 Å². The van der Waals surface area contributed by atoms with Gasteiger partial charge in [-0.05, 0) is 67.3 Å². The standard InChI is InChI=1S/C26H29ClN2O5S/c1-19-11-13-21(17-23(19)27)29(35(31,32)22-9-5-4-6-10-22)18-26(30)28-15-7-8-20-12-14-24(33-2)25(16-20)34-3/h4-6,9-14,16-17H,7-8,15,18H2,1-3H3,(H,28,30). The van der Waals surface area contributed by atoms with Crippen LogP contribution in [0.2, 0.25) is 5.02 Å². The molecule has 0 atom stereocenters. The van der Waals surface area contributed by atoms with Crippen molar-refractivity contribution in [3.63, 3.8) is 0 Å². The Morgan fingerprint density at radius 1 is 0.971 bits per heavy atom. The molecule has 0 saturated heterocycles. The Bertz CT molecular complexity index is 1270. The molecule has 0 saturated carbocycles. The number of amides is 1. The van der Waals surface area contributed by atoms with Gasteiger partial charge in [-0.2, -0.15) is 0 Å². The summed E-state index contributed by atoms with van der Waals surface area (Å²) >= 11 is 6.25. The van der Waals surface area contributed by atoms with Crippen LogP contribution >= 0.6 is 11.6 Å². The number of hydrogen-bond acceptors (Lipinski definition) is 5. The molecule has 9 heteroatoms. The van der Waals surface area contributed by atoms with E-state index in [2.05, 4.69) is 5.32 Å². The van der Waals surface area contributed by atoms with Crippen molar-refractivity contribution in [2.75, 3.05) is 31.6 Å². The maximum atomic E-state index is 13.4. The molecule has 7 nitrogen and oxygen atoms in total. The lowest BCUT2D eigenvalue weighted by Crippen LogP contribution is -2.41. The third-order valence-electron chi connectivity index (χ3n) is 5.47. The molecule has 186 valence electrons. The molecule has 0 heterocycles. The molecule has 0 bridgehead atoms. The quantitative estimate of drug-likeness (QED) is 0.376. The van der Waals surface area contributed by atoms with Crippen LogP contribution in [0.5, 0.6) is 11.5 Å². The van der Waals surface area contributed by atoms with E-state index in [1.54, 1.807) is 50.6 Å². The Hall–Kier alpha value is -3.23. The molecule has 35 heavy (non-hydrogen) atoms. The zero-order chi connectivity index (χ0) is 25.4. The summed E-state index contributed by atoms with van der Waals surface area (Å²) in [6, 6.07) is 18.6. The Morgan fingerprint density at radius 3 is 2.34 bits per heavy atom. The lowest BCUT2D eigenvalue weighted by Gasteiger charge is -2.24. The minimum Gasteiger partial charge on any atom is -0.493 e. The van der Waals surface area contributed by atoms with Gasteiger partial charge in [0.25, 0.3) is 10.0 Å². The number of nitrogens with zero attached hydrogens (tertiary/aromatic N) is 1. The lowest BCUT2D eigenvalue weighted by atomic mass is 10.1. The summed E-state index contributed by atoms with van der Waals surface area (Å²) in [6.45, 7) is 1.85. The van der Waals surface area contributed by atoms with E-state index >= 15 is 0 Å². The molecule has 0 aliphatic carbocycles. The third kappa shape index (κ3) is 6.68. The second-order valence-electron chi connectivity index (χ2n) is 7.90. The highest BCUT2D eigenvalue weighted by atomic mass is 35.5. The molecule has 3 aromatic rings. The van der Waals surface area contributed by atoms with Gasteiger partial charge in [-0.1, -0.05) is 41.9 Å². The van der Waals surface area contributed by atoms with Gasteiger partial charge in [0.1, 0.15) is 6.54 Å². The van der Waals surface area contributed by atoms with Crippen molar-refractivity contribution in [3.05, 3.63) is 82.9 Å². The van der Waals surface area contributed by atoms with Gasteiger partial charge in [-0.15, -0.1) is 0 Å². The number of rotatable bonds is 11. The van der Waals surface area contributed by atoms with Gasteiger partial charge >= 0.3 is 0 Å². The molecule has 0 aliphatic heterocycles. The predicted molar refractivity (Wildman–Crippen MR) is 138 cm³/mol. The fraction of sp³-hybridized carbons (Fsp3) is 0.269. The van der Waals surface area contributed by atoms with Crippen molar-refractivity contribution in [1.82, 2.24) is 5.32 Å². The van der Waals surface area contributed by atoms with Gasteiger partial charge in [0.2, 0.25) is 5.91 Å². The van der Waals surface area contributed by atoms with E-state index in [-0.39, 0.29) is 11.4 Å². The van der Waals surface area contributed by atoms with E-state index in [1.165, 1.54) is 12.1 Å². The van der Waals surface area contributed by atoms with Gasteiger partial charge in [0, 0.05) is 11.6 Å². The number of benzene rings is 3. The van der Waals surface area contributed by atoms with Crippen molar-refractivity contribution in [1.29, 1.82) is 0 Å². The van der Waals surface area contributed by atoms with E-state index in [9.17, 15) is 13.2 Å². The zero-order valence-electron chi connectivity index (χ0n) is 20.0.